The predicted octanol–water partition coefficient (Wildman–Crippen LogP) is 2.58. The number of hydrogen-bond donors (Lipinski definition) is 2. The fourth-order valence-corrected chi connectivity index (χ4v) is 4.09. The number of nitrogens with zero attached hydrogens (tertiary/aromatic N) is 1. The maximum Gasteiger partial charge on any atom is 0.240 e. The molecule has 0 unspecified atom stereocenters. The Kier molecular flexibility index (Phi) is 5.68. The maximum atomic E-state index is 12.4. The van der Waals surface area contributed by atoms with Gasteiger partial charge in [0, 0.05) is 19.2 Å². The van der Waals surface area contributed by atoms with Gasteiger partial charge >= 0.3 is 0 Å². The zero-order chi connectivity index (χ0) is 18.6. The van der Waals surface area contributed by atoms with Gasteiger partial charge in [-0.05, 0) is 67.5 Å². The van der Waals surface area contributed by atoms with Crippen LogP contribution in [0.1, 0.15) is 36.0 Å². The molecule has 0 atom stereocenters. The average Bonchev–Trinajstić information content (AvgIpc) is 2.63. The van der Waals surface area contributed by atoms with Crippen molar-refractivity contribution >= 4 is 21.7 Å². The predicted molar refractivity (Wildman–Crippen MR) is 100 cm³/mol. The van der Waals surface area contributed by atoms with Crippen molar-refractivity contribution in [3.05, 3.63) is 53.2 Å². The van der Waals surface area contributed by atoms with E-state index in [-0.39, 0.29) is 23.8 Å². The normalized spacial score (nSPS) is 13.9. The van der Waals surface area contributed by atoms with Gasteiger partial charge in [0.25, 0.3) is 0 Å². The highest BCUT2D eigenvalue weighted by atomic mass is 32.2. The van der Waals surface area contributed by atoms with Crippen LogP contribution >= 0.6 is 0 Å². The van der Waals surface area contributed by atoms with Gasteiger partial charge in [0.15, 0.2) is 0 Å². The lowest BCUT2D eigenvalue weighted by molar-refractivity contribution is -0.116. The number of nitrogens with one attached hydrogen (secondary N) is 2. The first-order valence-electron chi connectivity index (χ1n) is 8.78. The maximum absolute atomic E-state index is 12.4. The number of anilines is 1. The molecule has 0 fully saturated rings. The van der Waals surface area contributed by atoms with Crippen molar-refractivity contribution in [1.29, 1.82) is 0 Å². The Hall–Kier alpha value is -2.25. The summed E-state index contributed by atoms with van der Waals surface area (Å²) in [6.45, 7) is 1.95. The van der Waals surface area contributed by atoms with Gasteiger partial charge in [-0.2, -0.15) is 0 Å². The minimum absolute atomic E-state index is 0.0388. The quantitative estimate of drug-likeness (QED) is 0.815. The third kappa shape index (κ3) is 4.68. The van der Waals surface area contributed by atoms with E-state index >= 15 is 0 Å². The summed E-state index contributed by atoms with van der Waals surface area (Å²) in [5.74, 6) is 0.174. The Bertz CT molecular complexity index is 893. The van der Waals surface area contributed by atoms with Gasteiger partial charge in [-0.15, -0.1) is 0 Å². The number of carbonyl (C=O) groups excluding carboxylic acids is 1. The molecule has 0 spiro atoms. The molecule has 2 N–H and O–H groups in total. The van der Waals surface area contributed by atoms with Crippen LogP contribution in [0.2, 0.25) is 0 Å². The second kappa shape index (κ2) is 7.97. The van der Waals surface area contributed by atoms with E-state index in [9.17, 15) is 13.2 Å². The standard InChI is InChI=1S/C19H23N3O3S/c1-14-6-9-18(20-13-14)22-19(23)10-11-21-26(24,25)17-8-7-15-4-2-3-5-16(15)12-17/h6-9,12-13,21H,2-5,10-11H2,1H3,(H,20,22,23). The molecule has 26 heavy (non-hydrogen) atoms. The van der Waals surface area contributed by atoms with E-state index in [0.717, 1.165) is 36.8 Å². The van der Waals surface area contributed by atoms with Crippen molar-refractivity contribution in [2.45, 2.75) is 43.9 Å². The summed E-state index contributed by atoms with van der Waals surface area (Å²) in [6.07, 6.45) is 5.88. The van der Waals surface area contributed by atoms with Gasteiger partial charge in [-0.3, -0.25) is 4.79 Å². The fourth-order valence-electron chi connectivity index (χ4n) is 3.01. The van der Waals surface area contributed by atoms with E-state index in [0.29, 0.717) is 5.82 Å². The smallest absolute Gasteiger partial charge is 0.240 e. The number of benzene rings is 1. The van der Waals surface area contributed by atoms with Crippen molar-refractivity contribution in [3.63, 3.8) is 0 Å². The number of sulfonamides is 1. The fraction of sp³-hybridized carbons (Fsp3) is 0.368. The highest BCUT2D eigenvalue weighted by Gasteiger charge is 2.17. The van der Waals surface area contributed by atoms with Crippen LogP contribution in [0.4, 0.5) is 5.82 Å². The number of pyridine rings is 1. The average molecular weight is 373 g/mol. The zero-order valence-corrected chi connectivity index (χ0v) is 15.6. The third-order valence-electron chi connectivity index (χ3n) is 4.45. The van der Waals surface area contributed by atoms with Gasteiger partial charge < -0.3 is 5.32 Å². The number of amides is 1. The van der Waals surface area contributed by atoms with Crippen LogP contribution in [0, 0.1) is 6.92 Å². The summed E-state index contributed by atoms with van der Waals surface area (Å²) in [4.78, 5) is 16.3. The first kappa shape index (κ1) is 18.5. The van der Waals surface area contributed by atoms with Crippen LogP contribution in [-0.4, -0.2) is 25.9 Å². The first-order valence-corrected chi connectivity index (χ1v) is 10.3. The molecule has 1 amide bonds. The molecule has 0 aliphatic heterocycles. The zero-order valence-electron chi connectivity index (χ0n) is 14.8. The van der Waals surface area contributed by atoms with Crippen LogP contribution in [0.25, 0.3) is 0 Å². The highest BCUT2D eigenvalue weighted by Crippen LogP contribution is 2.24. The van der Waals surface area contributed by atoms with Crippen LogP contribution < -0.4 is 10.0 Å². The van der Waals surface area contributed by atoms with Gasteiger partial charge in [0.2, 0.25) is 15.9 Å². The third-order valence-corrected chi connectivity index (χ3v) is 5.91. The molecular formula is C19H23N3O3S. The first-order chi connectivity index (χ1) is 12.4. The van der Waals surface area contributed by atoms with Gasteiger partial charge in [-0.25, -0.2) is 18.1 Å². The van der Waals surface area contributed by atoms with Crippen LogP contribution in [0.5, 0.6) is 0 Å². The second-order valence-corrected chi connectivity index (χ2v) is 8.32. The molecule has 1 aliphatic carbocycles. The molecular weight excluding hydrogens is 350 g/mol. The molecule has 0 saturated carbocycles. The molecule has 1 aromatic heterocycles. The van der Waals surface area contributed by atoms with Crippen molar-refractivity contribution in [3.8, 4) is 0 Å². The highest BCUT2D eigenvalue weighted by molar-refractivity contribution is 7.89. The van der Waals surface area contributed by atoms with Gasteiger partial charge in [-0.1, -0.05) is 12.1 Å². The van der Waals surface area contributed by atoms with Crippen LogP contribution in [-0.2, 0) is 27.7 Å². The van der Waals surface area contributed by atoms with Crippen molar-refractivity contribution < 1.29 is 13.2 Å². The molecule has 1 heterocycles. The van der Waals surface area contributed by atoms with E-state index in [1.54, 1.807) is 24.4 Å². The Labute approximate surface area is 154 Å². The number of carbonyl (C=O) groups is 1. The number of hydrogen-bond acceptors (Lipinski definition) is 4. The van der Waals surface area contributed by atoms with Crippen molar-refractivity contribution in [2.24, 2.45) is 0 Å². The molecule has 7 heteroatoms. The SMILES string of the molecule is Cc1ccc(NC(=O)CCNS(=O)(=O)c2ccc3c(c2)CCCC3)nc1. The Balaban J connectivity index is 1.55. The summed E-state index contributed by atoms with van der Waals surface area (Å²) in [5.41, 5.74) is 3.35. The Morgan fingerprint density at radius 1 is 1.12 bits per heavy atom. The molecule has 138 valence electrons. The number of aromatic nitrogens is 1. The molecule has 1 aromatic carbocycles. The van der Waals surface area contributed by atoms with E-state index in [2.05, 4.69) is 15.0 Å². The summed E-state index contributed by atoms with van der Waals surface area (Å²) in [7, 11) is -3.61. The molecule has 1 aliphatic rings. The Morgan fingerprint density at radius 2 is 1.88 bits per heavy atom. The van der Waals surface area contributed by atoms with Crippen molar-refractivity contribution in [2.75, 3.05) is 11.9 Å². The van der Waals surface area contributed by atoms with Crippen LogP contribution in [0.15, 0.2) is 41.4 Å². The molecule has 2 aromatic rings. The largest absolute Gasteiger partial charge is 0.311 e. The van der Waals surface area contributed by atoms with Crippen molar-refractivity contribution in [1.82, 2.24) is 9.71 Å². The monoisotopic (exact) mass is 373 g/mol. The molecule has 6 nitrogen and oxygen atoms in total. The Morgan fingerprint density at radius 3 is 2.62 bits per heavy atom. The van der Waals surface area contributed by atoms with E-state index in [1.165, 1.54) is 5.56 Å². The summed E-state index contributed by atoms with van der Waals surface area (Å²) in [6, 6.07) is 8.86. The molecule has 3 rings (SSSR count). The molecule has 0 bridgehead atoms. The van der Waals surface area contributed by atoms with Crippen LogP contribution in [0.3, 0.4) is 0 Å². The van der Waals surface area contributed by atoms with E-state index < -0.39 is 10.0 Å². The lowest BCUT2D eigenvalue weighted by Gasteiger charge is -2.16. The summed E-state index contributed by atoms with van der Waals surface area (Å²) in [5, 5.41) is 2.65. The summed E-state index contributed by atoms with van der Waals surface area (Å²) >= 11 is 0. The van der Waals surface area contributed by atoms with E-state index in [4.69, 9.17) is 0 Å². The molecule has 0 saturated heterocycles. The number of fused-ring (bicyclic) bond motifs is 1. The van der Waals surface area contributed by atoms with Gasteiger partial charge in [0.05, 0.1) is 4.90 Å². The topological polar surface area (TPSA) is 88.2 Å². The lowest BCUT2D eigenvalue weighted by atomic mass is 9.92. The lowest BCUT2D eigenvalue weighted by Crippen LogP contribution is -2.28. The summed E-state index contributed by atoms with van der Waals surface area (Å²) < 4.78 is 27.4. The van der Waals surface area contributed by atoms with Gasteiger partial charge in [0.1, 0.15) is 5.82 Å². The minimum Gasteiger partial charge on any atom is -0.311 e. The number of aryl methyl sites for hydroxylation is 3. The van der Waals surface area contributed by atoms with E-state index in [1.807, 2.05) is 19.1 Å². The molecule has 0 radical (unpaired) electrons. The minimum atomic E-state index is -3.61. The number of rotatable bonds is 6. The second-order valence-electron chi connectivity index (χ2n) is 6.55.